The van der Waals surface area contributed by atoms with Gasteiger partial charge < -0.3 is 8.83 Å². The third-order valence-electron chi connectivity index (χ3n) is 3.47. The topological polar surface area (TPSA) is 85.3 Å². The number of thiazole rings is 1. The minimum Gasteiger partial charge on any atom is -0.463 e. The summed E-state index contributed by atoms with van der Waals surface area (Å²) in [5.41, 5.74) is 0.503. The number of sulfonamides is 1. The molecular weight excluding hydrogens is 396 g/mol. The van der Waals surface area contributed by atoms with Crippen molar-refractivity contribution in [3.05, 3.63) is 66.1 Å². The summed E-state index contributed by atoms with van der Waals surface area (Å²) >= 11 is 6.97. The van der Waals surface area contributed by atoms with Gasteiger partial charge in [-0.1, -0.05) is 22.9 Å². The first-order valence-corrected chi connectivity index (χ1v) is 10.1. The Morgan fingerprint density at radius 2 is 1.62 bits per heavy atom. The highest BCUT2D eigenvalue weighted by atomic mass is 35.5. The van der Waals surface area contributed by atoms with Gasteiger partial charge in [-0.25, -0.2) is 13.4 Å². The number of halogens is 1. The van der Waals surface area contributed by atoms with Gasteiger partial charge in [-0.2, -0.15) is 0 Å². The quantitative estimate of drug-likeness (QED) is 0.497. The summed E-state index contributed by atoms with van der Waals surface area (Å²) < 4.78 is 38.5. The SMILES string of the molecule is O=S(=O)(Nc1nc(-c2ccco2)c(-c2ccco2)s1)c1ccc(Cl)cc1. The van der Waals surface area contributed by atoms with Gasteiger partial charge in [-0.3, -0.25) is 4.72 Å². The van der Waals surface area contributed by atoms with Crippen LogP contribution in [0.4, 0.5) is 5.13 Å². The summed E-state index contributed by atoms with van der Waals surface area (Å²) in [6, 6.07) is 12.9. The van der Waals surface area contributed by atoms with Crippen LogP contribution in [0.15, 0.2) is 74.8 Å². The van der Waals surface area contributed by atoms with E-state index in [0.29, 0.717) is 27.1 Å². The molecule has 6 nitrogen and oxygen atoms in total. The van der Waals surface area contributed by atoms with Gasteiger partial charge in [0.1, 0.15) is 16.3 Å². The molecule has 4 aromatic rings. The molecule has 4 rings (SSSR count). The van der Waals surface area contributed by atoms with E-state index >= 15 is 0 Å². The molecule has 0 saturated carbocycles. The number of nitrogens with zero attached hydrogens (tertiary/aromatic N) is 1. The van der Waals surface area contributed by atoms with E-state index in [9.17, 15) is 8.42 Å². The third kappa shape index (κ3) is 3.26. The summed E-state index contributed by atoms with van der Waals surface area (Å²) in [4.78, 5) is 5.14. The van der Waals surface area contributed by atoms with E-state index in [4.69, 9.17) is 20.4 Å². The molecule has 0 aliphatic carbocycles. The number of benzene rings is 1. The maximum Gasteiger partial charge on any atom is 0.263 e. The van der Waals surface area contributed by atoms with Crippen LogP contribution in [0.1, 0.15) is 0 Å². The van der Waals surface area contributed by atoms with Crippen LogP contribution in [0.2, 0.25) is 5.02 Å². The molecule has 0 spiro atoms. The Hall–Kier alpha value is -2.55. The number of anilines is 1. The summed E-state index contributed by atoms with van der Waals surface area (Å²) in [6.45, 7) is 0. The number of furan rings is 2. The lowest BCUT2D eigenvalue weighted by Crippen LogP contribution is -2.12. The van der Waals surface area contributed by atoms with Crippen molar-refractivity contribution in [2.24, 2.45) is 0 Å². The van der Waals surface area contributed by atoms with Crippen molar-refractivity contribution in [1.29, 1.82) is 0 Å². The number of aromatic nitrogens is 1. The van der Waals surface area contributed by atoms with Crippen LogP contribution in [-0.2, 0) is 10.0 Å². The zero-order valence-electron chi connectivity index (χ0n) is 13.0. The molecule has 1 aromatic carbocycles. The van der Waals surface area contributed by atoms with Crippen LogP contribution >= 0.6 is 22.9 Å². The van der Waals surface area contributed by atoms with Gasteiger partial charge in [0, 0.05) is 5.02 Å². The minimum atomic E-state index is -3.79. The van der Waals surface area contributed by atoms with E-state index in [1.54, 1.807) is 30.5 Å². The van der Waals surface area contributed by atoms with Crippen LogP contribution in [0, 0.1) is 0 Å². The second kappa shape index (κ2) is 6.64. The highest BCUT2D eigenvalue weighted by Gasteiger charge is 2.22. The van der Waals surface area contributed by atoms with E-state index in [2.05, 4.69) is 9.71 Å². The Kier molecular flexibility index (Phi) is 4.31. The van der Waals surface area contributed by atoms with Crippen molar-refractivity contribution in [2.75, 3.05) is 4.72 Å². The fourth-order valence-corrected chi connectivity index (χ4v) is 4.61. The zero-order chi connectivity index (χ0) is 18.1. The number of rotatable bonds is 5. The molecule has 0 fully saturated rings. The first kappa shape index (κ1) is 16.9. The second-order valence-electron chi connectivity index (χ2n) is 5.21. The van der Waals surface area contributed by atoms with Gasteiger partial charge in [0.25, 0.3) is 10.0 Å². The first-order chi connectivity index (χ1) is 12.5. The second-order valence-corrected chi connectivity index (χ2v) is 8.33. The molecule has 3 aromatic heterocycles. The molecule has 0 aliphatic heterocycles. The average Bonchev–Trinajstić information content (AvgIpc) is 3.36. The number of hydrogen-bond donors (Lipinski definition) is 1. The van der Waals surface area contributed by atoms with E-state index in [1.165, 1.54) is 30.5 Å². The Morgan fingerprint density at radius 3 is 2.23 bits per heavy atom. The van der Waals surface area contributed by atoms with Gasteiger partial charge in [-0.15, -0.1) is 0 Å². The molecule has 0 saturated heterocycles. The van der Waals surface area contributed by atoms with Gasteiger partial charge in [0.05, 0.1) is 17.4 Å². The molecule has 0 radical (unpaired) electrons. The van der Waals surface area contributed by atoms with Crippen molar-refractivity contribution in [3.63, 3.8) is 0 Å². The number of nitrogens with one attached hydrogen (secondary N) is 1. The standard InChI is InChI=1S/C17H11ClN2O4S2/c18-11-5-7-12(8-6-11)26(21,22)20-17-19-15(13-3-1-9-23-13)16(25-17)14-4-2-10-24-14/h1-10H,(H,19,20). The Bertz CT molecular complexity index is 1060. The molecule has 3 heterocycles. The molecule has 1 N–H and O–H groups in total. The largest absolute Gasteiger partial charge is 0.463 e. The van der Waals surface area contributed by atoms with Crippen LogP contribution < -0.4 is 4.72 Å². The predicted molar refractivity (Wildman–Crippen MR) is 99.8 cm³/mol. The predicted octanol–water partition coefficient (Wildman–Crippen LogP) is 5.12. The Labute approximate surface area is 158 Å². The summed E-state index contributed by atoms with van der Waals surface area (Å²) in [5.74, 6) is 1.09. The minimum absolute atomic E-state index is 0.0937. The van der Waals surface area contributed by atoms with Gasteiger partial charge in [0.15, 0.2) is 10.9 Å². The molecule has 0 atom stereocenters. The fourth-order valence-electron chi connectivity index (χ4n) is 2.31. The molecule has 9 heteroatoms. The molecular formula is C17H11ClN2O4S2. The van der Waals surface area contributed by atoms with Gasteiger partial charge in [-0.05, 0) is 48.5 Å². The molecule has 0 amide bonds. The van der Waals surface area contributed by atoms with Crippen molar-refractivity contribution in [3.8, 4) is 22.1 Å². The molecule has 0 unspecified atom stereocenters. The lowest BCUT2D eigenvalue weighted by molar-refractivity contribution is 0.575. The summed E-state index contributed by atoms with van der Waals surface area (Å²) in [6.07, 6.45) is 3.07. The highest BCUT2D eigenvalue weighted by molar-refractivity contribution is 7.93. The molecule has 26 heavy (non-hydrogen) atoms. The fraction of sp³-hybridized carbons (Fsp3) is 0. The van der Waals surface area contributed by atoms with Gasteiger partial charge in [0.2, 0.25) is 0 Å². The van der Waals surface area contributed by atoms with Crippen LogP contribution in [-0.4, -0.2) is 13.4 Å². The monoisotopic (exact) mass is 406 g/mol. The molecule has 0 aliphatic rings. The van der Waals surface area contributed by atoms with Crippen LogP contribution in [0.5, 0.6) is 0 Å². The molecule has 132 valence electrons. The first-order valence-electron chi connectivity index (χ1n) is 7.40. The highest BCUT2D eigenvalue weighted by Crippen LogP contribution is 2.40. The van der Waals surface area contributed by atoms with E-state index < -0.39 is 10.0 Å². The zero-order valence-corrected chi connectivity index (χ0v) is 15.4. The van der Waals surface area contributed by atoms with E-state index in [-0.39, 0.29) is 10.0 Å². The van der Waals surface area contributed by atoms with Gasteiger partial charge >= 0.3 is 0 Å². The Balaban J connectivity index is 1.74. The van der Waals surface area contributed by atoms with Crippen molar-refractivity contribution in [2.45, 2.75) is 4.90 Å². The normalized spacial score (nSPS) is 11.6. The van der Waals surface area contributed by atoms with Crippen LogP contribution in [0.3, 0.4) is 0 Å². The van der Waals surface area contributed by atoms with E-state index in [1.807, 2.05) is 0 Å². The maximum atomic E-state index is 12.6. The van der Waals surface area contributed by atoms with Crippen molar-refractivity contribution < 1.29 is 17.3 Å². The van der Waals surface area contributed by atoms with Crippen molar-refractivity contribution >= 4 is 38.1 Å². The Morgan fingerprint density at radius 1 is 0.962 bits per heavy atom. The lowest BCUT2D eigenvalue weighted by atomic mass is 10.2. The third-order valence-corrected chi connectivity index (χ3v) is 6.19. The van der Waals surface area contributed by atoms with Crippen LogP contribution in [0.25, 0.3) is 22.1 Å². The maximum absolute atomic E-state index is 12.6. The lowest BCUT2D eigenvalue weighted by Gasteiger charge is -2.04. The molecule has 0 bridgehead atoms. The van der Waals surface area contributed by atoms with E-state index in [0.717, 1.165) is 11.3 Å². The smallest absolute Gasteiger partial charge is 0.263 e. The average molecular weight is 407 g/mol. The van der Waals surface area contributed by atoms with Crippen molar-refractivity contribution in [1.82, 2.24) is 4.98 Å². The number of hydrogen-bond acceptors (Lipinski definition) is 6. The summed E-state index contributed by atoms with van der Waals surface area (Å²) in [7, 11) is -3.79. The summed E-state index contributed by atoms with van der Waals surface area (Å²) in [5, 5.41) is 0.663.